The minimum atomic E-state index is -0.543. The summed E-state index contributed by atoms with van der Waals surface area (Å²) in [5.41, 5.74) is 4.41. The average molecular weight is 476 g/mol. The van der Waals surface area contributed by atoms with Gasteiger partial charge in [0.2, 0.25) is 0 Å². The quantitative estimate of drug-likeness (QED) is 0.562. The molecule has 2 aromatic carbocycles. The lowest BCUT2D eigenvalue weighted by Crippen LogP contribution is -2.38. The first-order chi connectivity index (χ1) is 16.7. The Hall–Kier alpha value is -3.54. The van der Waals surface area contributed by atoms with Crippen molar-refractivity contribution in [3.63, 3.8) is 0 Å². The third-order valence-electron chi connectivity index (χ3n) is 6.67. The van der Waals surface area contributed by atoms with Gasteiger partial charge in [0, 0.05) is 35.7 Å². The van der Waals surface area contributed by atoms with E-state index in [0.29, 0.717) is 41.2 Å². The molecule has 35 heavy (non-hydrogen) atoms. The second-order valence-electron chi connectivity index (χ2n) is 9.92. The van der Waals surface area contributed by atoms with Crippen molar-refractivity contribution < 1.29 is 23.8 Å². The van der Waals surface area contributed by atoms with Crippen LogP contribution >= 0.6 is 0 Å². The smallest absolute Gasteiger partial charge is 0.336 e. The molecule has 4 rings (SSSR count). The molecule has 0 fully saturated rings. The highest BCUT2D eigenvalue weighted by atomic mass is 16.5. The lowest BCUT2D eigenvalue weighted by molar-refractivity contribution is -0.139. The lowest BCUT2D eigenvalue weighted by Gasteiger charge is -2.39. The summed E-state index contributed by atoms with van der Waals surface area (Å²) >= 11 is 0. The van der Waals surface area contributed by atoms with Gasteiger partial charge in [0.05, 0.1) is 26.4 Å². The molecule has 2 aliphatic rings. The minimum Gasteiger partial charge on any atom is -0.493 e. The molecule has 0 amide bonds. The Balaban J connectivity index is 1.71. The fraction of sp³-hybridized carbons (Fsp3) is 0.379. The van der Waals surface area contributed by atoms with Crippen LogP contribution in [-0.4, -0.2) is 32.6 Å². The summed E-state index contributed by atoms with van der Waals surface area (Å²) in [5, 5.41) is 3.38. The van der Waals surface area contributed by atoms with Crippen LogP contribution in [0.2, 0.25) is 0 Å². The zero-order valence-corrected chi connectivity index (χ0v) is 21.1. The summed E-state index contributed by atoms with van der Waals surface area (Å²) in [6.45, 7) is 6.31. The molecule has 0 radical (unpaired) electrons. The van der Waals surface area contributed by atoms with Crippen LogP contribution in [0.15, 0.2) is 71.1 Å². The maximum atomic E-state index is 13.5. The average Bonchev–Trinajstić information content (AvgIpc) is 2.82. The van der Waals surface area contributed by atoms with Crippen LogP contribution in [0.3, 0.4) is 0 Å². The number of carbonyl (C=O) groups is 2. The van der Waals surface area contributed by atoms with E-state index in [0.717, 1.165) is 23.2 Å². The highest BCUT2D eigenvalue weighted by molar-refractivity contribution is 6.04. The Morgan fingerprint density at radius 2 is 1.74 bits per heavy atom. The van der Waals surface area contributed by atoms with E-state index in [1.54, 1.807) is 20.3 Å². The Bertz CT molecular complexity index is 1190. The molecule has 6 nitrogen and oxygen atoms in total. The van der Waals surface area contributed by atoms with E-state index in [4.69, 9.17) is 14.2 Å². The molecular weight excluding hydrogens is 442 g/mol. The number of Topliss-reactive ketones (excluding diaryl/α,β-unsaturated/α-hetero) is 1. The Morgan fingerprint density at radius 1 is 1.03 bits per heavy atom. The minimum absolute atomic E-state index is 0.0469. The van der Waals surface area contributed by atoms with Gasteiger partial charge in [-0.25, -0.2) is 4.79 Å². The van der Waals surface area contributed by atoms with Crippen LogP contribution < -0.4 is 14.8 Å². The number of hydrogen-bond donors (Lipinski definition) is 1. The maximum Gasteiger partial charge on any atom is 0.336 e. The van der Waals surface area contributed by atoms with Crippen LogP contribution in [0.25, 0.3) is 0 Å². The molecule has 1 unspecified atom stereocenters. The monoisotopic (exact) mass is 475 g/mol. The Kier molecular flexibility index (Phi) is 7.01. The van der Waals surface area contributed by atoms with E-state index >= 15 is 0 Å². The third-order valence-corrected chi connectivity index (χ3v) is 6.67. The van der Waals surface area contributed by atoms with Gasteiger partial charge in [-0.2, -0.15) is 0 Å². The molecule has 1 heterocycles. The van der Waals surface area contributed by atoms with Gasteiger partial charge in [-0.3, -0.25) is 4.79 Å². The van der Waals surface area contributed by atoms with E-state index in [9.17, 15) is 9.59 Å². The molecule has 0 bridgehead atoms. The summed E-state index contributed by atoms with van der Waals surface area (Å²) in [6.07, 6.45) is 1.77. The van der Waals surface area contributed by atoms with Crippen molar-refractivity contribution in [1.29, 1.82) is 0 Å². The molecule has 184 valence electrons. The van der Waals surface area contributed by atoms with Crippen LogP contribution in [0.1, 0.15) is 50.7 Å². The molecule has 1 N–H and O–H groups in total. The number of esters is 1. The summed E-state index contributed by atoms with van der Waals surface area (Å²) < 4.78 is 16.7. The molecule has 0 saturated carbocycles. The van der Waals surface area contributed by atoms with Gasteiger partial charge < -0.3 is 19.5 Å². The predicted molar refractivity (Wildman–Crippen MR) is 134 cm³/mol. The first-order valence-electron chi connectivity index (χ1n) is 11.9. The molecule has 6 heteroatoms. The normalized spacial score (nSPS) is 19.1. The highest BCUT2D eigenvalue weighted by Crippen LogP contribution is 2.47. The number of carbonyl (C=O) groups excluding carboxylic acids is 2. The second-order valence-corrected chi connectivity index (χ2v) is 9.92. The number of rotatable bonds is 7. The fourth-order valence-corrected chi connectivity index (χ4v) is 5.06. The van der Waals surface area contributed by atoms with Gasteiger partial charge in [-0.05, 0) is 42.0 Å². The molecule has 0 aromatic heterocycles. The van der Waals surface area contributed by atoms with Gasteiger partial charge in [0.25, 0.3) is 0 Å². The number of methoxy groups -OCH3 is 2. The van der Waals surface area contributed by atoms with Crippen molar-refractivity contribution in [2.24, 2.45) is 5.41 Å². The molecular formula is C29H33NO5. The largest absolute Gasteiger partial charge is 0.493 e. The van der Waals surface area contributed by atoms with Gasteiger partial charge in [0.15, 0.2) is 17.3 Å². The zero-order chi connectivity index (χ0) is 25.2. The number of nitrogens with one attached hydrogen (secondary N) is 1. The third kappa shape index (κ3) is 5.11. The molecule has 1 aliphatic carbocycles. The number of allylic oxidation sites excluding steroid dienone is 3. The van der Waals surface area contributed by atoms with Crippen molar-refractivity contribution in [3.05, 3.63) is 82.2 Å². The summed E-state index contributed by atoms with van der Waals surface area (Å²) in [5.74, 6) is 0.214. The Morgan fingerprint density at radius 3 is 2.43 bits per heavy atom. The summed E-state index contributed by atoms with van der Waals surface area (Å²) in [7, 11) is 3.15. The van der Waals surface area contributed by atoms with E-state index in [-0.39, 0.29) is 17.8 Å². The first kappa shape index (κ1) is 24.6. The van der Waals surface area contributed by atoms with Crippen LogP contribution in [0.5, 0.6) is 11.5 Å². The van der Waals surface area contributed by atoms with Gasteiger partial charge in [-0.15, -0.1) is 0 Å². The highest BCUT2D eigenvalue weighted by Gasteiger charge is 2.43. The maximum absolute atomic E-state index is 13.5. The first-order valence-corrected chi connectivity index (χ1v) is 11.9. The number of ether oxygens (including phenoxy) is 3. The number of benzene rings is 2. The topological polar surface area (TPSA) is 73.9 Å². The van der Waals surface area contributed by atoms with Crippen molar-refractivity contribution in [2.45, 2.75) is 46.0 Å². The lowest BCUT2D eigenvalue weighted by atomic mass is 9.68. The van der Waals surface area contributed by atoms with E-state index in [1.165, 1.54) is 0 Å². The molecule has 2 aromatic rings. The van der Waals surface area contributed by atoms with Gasteiger partial charge in [-0.1, -0.05) is 50.2 Å². The van der Waals surface area contributed by atoms with Crippen LogP contribution in [0, 0.1) is 5.41 Å². The summed E-state index contributed by atoms with van der Waals surface area (Å²) in [4.78, 5) is 26.9. The zero-order valence-electron chi connectivity index (χ0n) is 21.1. The second kappa shape index (κ2) is 9.98. The molecule has 0 spiro atoms. The van der Waals surface area contributed by atoms with Crippen LogP contribution in [0.4, 0.5) is 0 Å². The number of ketones is 1. The van der Waals surface area contributed by atoms with E-state index in [2.05, 4.69) is 19.2 Å². The fourth-order valence-electron chi connectivity index (χ4n) is 5.06. The van der Waals surface area contributed by atoms with Crippen molar-refractivity contribution in [3.8, 4) is 11.5 Å². The predicted octanol–water partition coefficient (Wildman–Crippen LogP) is 5.09. The van der Waals surface area contributed by atoms with E-state index in [1.807, 2.05) is 49.4 Å². The molecule has 1 aliphatic heterocycles. The molecule has 0 saturated heterocycles. The standard InChI is InChI=1S/C29H33NO5/c1-18-25(28(32)35-14-13-19-9-7-6-8-10-19)26(20-11-12-23(33-4)24(15-20)34-5)27-21(30-18)16-29(2,3)17-22(27)31/h6-12,15,26,30H,13-14,16-17H2,1-5H3. The van der Waals surface area contributed by atoms with Gasteiger partial charge >= 0.3 is 5.97 Å². The Labute approximate surface area is 207 Å². The van der Waals surface area contributed by atoms with E-state index < -0.39 is 11.9 Å². The van der Waals surface area contributed by atoms with Gasteiger partial charge in [0.1, 0.15) is 0 Å². The number of hydrogen-bond acceptors (Lipinski definition) is 6. The molecule has 1 atom stereocenters. The van der Waals surface area contributed by atoms with Crippen molar-refractivity contribution in [2.75, 3.05) is 20.8 Å². The van der Waals surface area contributed by atoms with Crippen LogP contribution in [-0.2, 0) is 20.7 Å². The number of dihydropyridines is 1. The summed E-state index contributed by atoms with van der Waals surface area (Å²) in [6, 6.07) is 15.4. The SMILES string of the molecule is COc1ccc(C2C(C(=O)OCCc3ccccc3)=C(C)NC3=C2C(=O)CC(C)(C)C3)cc1OC. The van der Waals surface area contributed by atoms with Crippen molar-refractivity contribution in [1.82, 2.24) is 5.32 Å². The van der Waals surface area contributed by atoms with Crippen molar-refractivity contribution >= 4 is 11.8 Å².